The fraction of sp³-hybridized carbons (Fsp3) is 0.545. The molecule has 0 aliphatic heterocycles. The number of Topliss-reactive ketones (excluding diaryl/α,β-unsaturated/α-hetero) is 2. The molecule has 0 saturated heterocycles. The van der Waals surface area contributed by atoms with E-state index in [1.807, 2.05) is 89.3 Å². The van der Waals surface area contributed by atoms with Crippen LogP contribution in [0.3, 0.4) is 0 Å². The van der Waals surface area contributed by atoms with E-state index in [0.29, 0.717) is 24.0 Å². The van der Waals surface area contributed by atoms with E-state index in [-0.39, 0.29) is 35.9 Å². The summed E-state index contributed by atoms with van der Waals surface area (Å²) in [4.78, 5) is 45.4. The minimum Gasteiger partial charge on any atom is -0.478 e. The molecule has 54 heavy (non-hydrogen) atoms. The summed E-state index contributed by atoms with van der Waals surface area (Å²) in [5.41, 5.74) is 5.56. The number of hydrogen-bond donors (Lipinski definition) is 6. The fourth-order valence-corrected chi connectivity index (χ4v) is 13.0. The molecule has 0 aromatic heterocycles. The highest BCUT2D eigenvalue weighted by Crippen LogP contribution is 2.82. The van der Waals surface area contributed by atoms with Crippen molar-refractivity contribution in [2.45, 2.75) is 97.5 Å². The van der Waals surface area contributed by atoms with Crippen molar-refractivity contribution >= 4 is 29.6 Å². The number of carbonyl (C=O) groups is 3. The van der Waals surface area contributed by atoms with E-state index < -0.39 is 80.1 Å². The Morgan fingerprint density at radius 1 is 1.02 bits per heavy atom. The van der Waals surface area contributed by atoms with Gasteiger partial charge in [0.05, 0.1) is 17.7 Å². The zero-order valence-electron chi connectivity index (χ0n) is 32.3. The van der Waals surface area contributed by atoms with E-state index in [1.165, 1.54) is 13.0 Å². The lowest BCUT2D eigenvalue weighted by Crippen LogP contribution is -2.70. The average Bonchev–Trinajstić information content (AvgIpc) is 3.24. The van der Waals surface area contributed by atoms with E-state index in [1.54, 1.807) is 12.2 Å². The van der Waals surface area contributed by atoms with Crippen LogP contribution < -0.4 is 11.5 Å². The highest BCUT2D eigenvalue weighted by molar-refractivity contribution is 6.02. The number of carbonyl (C=O) groups excluding carboxylic acids is 2. The maximum absolute atomic E-state index is 15.3. The van der Waals surface area contributed by atoms with Gasteiger partial charge in [0, 0.05) is 57.5 Å². The number of aliphatic imine (C=N–C) groups is 1. The molecule has 0 amide bonds. The molecule has 288 valence electrons. The van der Waals surface area contributed by atoms with Gasteiger partial charge in [-0.15, -0.1) is 0 Å². The number of benzene rings is 1. The van der Waals surface area contributed by atoms with E-state index in [0.717, 1.165) is 5.56 Å². The van der Waals surface area contributed by atoms with Crippen molar-refractivity contribution in [2.75, 3.05) is 0 Å². The number of carboxylic acids is 1. The third-order valence-electron chi connectivity index (χ3n) is 15.7. The molecule has 0 heterocycles. The van der Waals surface area contributed by atoms with E-state index in [9.17, 15) is 30.0 Å². The second-order valence-electron chi connectivity index (χ2n) is 18.4. The maximum atomic E-state index is 15.3. The summed E-state index contributed by atoms with van der Waals surface area (Å²) in [5, 5.41) is 48.2. The number of carboxylic acid groups (broad SMARTS) is 1. The summed E-state index contributed by atoms with van der Waals surface area (Å²) in [6.45, 7) is 13.3. The molecule has 10 nitrogen and oxygen atoms in total. The van der Waals surface area contributed by atoms with Crippen LogP contribution in [-0.2, 0) is 14.4 Å². The van der Waals surface area contributed by atoms with E-state index in [2.05, 4.69) is 11.9 Å². The van der Waals surface area contributed by atoms with Crippen LogP contribution in [-0.4, -0.2) is 67.3 Å². The van der Waals surface area contributed by atoms with Crippen molar-refractivity contribution < 1.29 is 34.8 Å². The number of guanidine groups is 1. The van der Waals surface area contributed by atoms with Gasteiger partial charge in [0.15, 0.2) is 11.7 Å². The Kier molecular flexibility index (Phi) is 8.44. The molecular formula is C44H55N3O7. The van der Waals surface area contributed by atoms with Crippen LogP contribution in [0, 0.1) is 50.7 Å². The first kappa shape index (κ1) is 38.2. The summed E-state index contributed by atoms with van der Waals surface area (Å²) < 4.78 is 0. The standard InChI is InChI=1S/C44H55N3O7/c1-24(36(51)52)21-29(48)32-25(2)42(18-15-28(32)47-37(45)46)23-43(53)19-20-44(54)27(14-13-26-11-9-8-10-12-26)34-38(3,4)31(50)16-17-39(34,5)33-30(49)22-40(42,6)41(43,7)35(33)44/h8-15,18-21,25,27-29,32,34,48,53-54H,16-17,22-23H2,1-7H3,(H,51,52)(H4,45,46,47). The Labute approximate surface area is 317 Å². The van der Waals surface area contributed by atoms with Gasteiger partial charge in [0.2, 0.25) is 0 Å². The number of rotatable bonds is 6. The molecule has 6 aliphatic carbocycles. The fourth-order valence-electron chi connectivity index (χ4n) is 13.0. The molecule has 12 atom stereocenters. The van der Waals surface area contributed by atoms with Crippen molar-refractivity contribution in [1.82, 2.24) is 0 Å². The van der Waals surface area contributed by atoms with E-state index in [4.69, 9.17) is 11.5 Å². The molecule has 2 saturated carbocycles. The molecule has 1 aromatic rings. The van der Waals surface area contributed by atoms with Crippen molar-refractivity contribution in [3.05, 3.63) is 89.1 Å². The Balaban J connectivity index is 1.49. The highest BCUT2D eigenvalue weighted by Gasteiger charge is 2.82. The minimum absolute atomic E-state index is 0.0391. The molecule has 10 heteroatoms. The lowest BCUT2D eigenvalue weighted by molar-refractivity contribution is -0.164. The van der Waals surface area contributed by atoms with Gasteiger partial charge in [-0.05, 0) is 60.3 Å². The van der Waals surface area contributed by atoms with Crippen LogP contribution in [0.15, 0.2) is 88.5 Å². The van der Waals surface area contributed by atoms with Gasteiger partial charge in [-0.1, -0.05) is 102 Å². The smallest absolute Gasteiger partial charge is 0.331 e. The molecule has 6 aliphatic rings. The predicted octanol–water partition coefficient (Wildman–Crippen LogP) is 4.90. The zero-order chi connectivity index (χ0) is 39.6. The molecule has 0 radical (unpaired) electrons. The number of aliphatic hydroxyl groups excluding tert-OH is 1. The van der Waals surface area contributed by atoms with Crippen LogP contribution in [0.1, 0.15) is 79.7 Å². The van der Waals surface area contributed by atoms with Crippen LogP contribution in [0.2, 0.25) is 0 Å². The SMILES string of the molecule is CC(=CC(O)C1C(N=C(N)N)C=CC2(CC3(O)C=CC4(O)C5=C(C(=O)CC2(C)C53C)C2(C)CCC(=O)C(C)(C)C2C4C=Cc2ccccc2)C1C)C(=O)O. The van der Waals surface area contributed by atoms with Crippen molar-refractivity contribution in [3.8, 4) is 0 Å². The third kappa shape index (κ3) is 4.68. The lowest BCUT2D eigenvalue weighted by Gasteiger charge is -2.68. The number of aliphatic hydroxyl groups is 3. The van der Waals surface area contributed by atoms with Crippen molar-refractivity contribution in [2.24, 2.45) is 67.2 Å². The summed E-state index contributed by atoms with van der Waals surface area (Å²) in [7, 11) is 0. The average molecular weight is 738 g/mol. The Morgan fingerprint density at radius 3 is 2.31 bits per heavy atom. The van der Waals surface area contributed by atoms with Crippen LogP contribution in [0.5, 0.6) is 0 Å². The topological polar surface area (TPSA) is 197 Å². The van der Waals surface area contributed by atoms with Gasteiger partial charge in [-0.2, -0.15) is 0 Å². The minimum atomic E-state index is -1.73. The Bertz CT molecular complexity index is 2010. The number of nitrogens with zero attached hydrogens (tertiary/aromatic N) is 1. The summed E-state index contributed by atoms with van der Waals surface area (Å²) in [6, 6.07) is 9.06. The molecule has 12 unspecified atom stereocenters. The highest BCUT2D eigenvalue weighted by atomic mass is 16.4. The second kappa shape index (κ2) is 11.9. The molecule has 7 rings (SSSR count). The zero-order valence-corrected chi connectivity index (χ0v) is 32.3. The van der Waals surface area contributed by atoms with Gasteiger partial charge in [-0.3, -0.25) is 9.59 Å². The van der Waals surface area contributed by atoms with Crippen LogP contribution in [0.25, 0.3) is 6.08 Å². The number of ketones is 2. The number of aliphatic carboxylic acids is 1. The Morgan fingerprint density at radius 2 is 1.69 bits per heavy atom. The van der Waals surface area contributed by atoms with Gasteiger partial charge < -0.3 is 31.9 Å². The molecule has 2 fully saturated rings. The number of nitrogens with two attached hydrogens (primary N) is 2. The predicted molar refractivity (Wildman–Crippen MR) is 206 cm³/mol. The van der Waals surface area contributed by atoms with E-state index >= 15 is 4.79 Å². The quantitative estimate of drug-likeness (QED) is 0.102. The molecule has 0 bridgehead atoms. The second-order valence-corrected chi connectivity index (χ2v) is 18.4. The lowest BCUT2D eigenvalue weighted by atomic mass is 9.35. The molecule has 8 N–H and O–H groups in total. The molecular weight excluding hydrogens is 682 g/mol. The van der Waals surface area contributed by atoms with Gasteiger partial charge >= 0.3 is 5.97 Å². The van der Waals surface area contributed by atoms with Crippen LogP contribution >= 0.6 is 0 Å². The molecule has 1 aromatic carbocycles. The first-order valence-electron chi connectivity index (χ1n) is 19.1. The number of hydrogen-bond acceptors (Lipinski definition) is 7. The summed E-state index contributed by atoms with van der Waals surface area (Å²) in [5.74, 6) is -3.67. The third-order valence-corrected chi connectivity index (χ3v) is 15.7. The summed E-state index contributed by atoms with van der Waals surface area (Å²) >= 11 is 0. The van der Waals surface area contributed by atoms with Crippen molar-refractivity contribution in [3.63, 3.8) is 0 Å². The van der Waals surface area contributed by atoms with Crippen LogP contribution in [0.4, 0.5) is 0 Å². The van der Waals surface area contributed by atoms with Gasteiger partial charge in [0.1, 0.15) is 11.4 Å². The monoisotopic (exact) mass is 737 g/mol. The van der Waals surface area contributed by atoms with Gasteiger partial charge in [-0.25, -0.2) is 9.79 Å². The number of allylic oxidation sites excluding steroid dienone is 2. The normalized spacial score (nSPS) is 44.0. The molecule has 1 spiro atoms. The summed E-state index contributed by atoms with van der Waals surface area (Å²) in [6.07, 6.45) is 12.2. The Hall–Kier alpha value is -4.12. The first-order chi connectivity index (χ1) is 25.1. The largest absolute Gasteiger partial charge is 0.478 e. The van der Waals surface area contributed by atoms with Gasteiger partial charge in [0.25, 0.3) is 0 Å². The van der Waals surface area contributed by atoms with Crippen molar-refractivity contribution in [1.29, 1.82) is 0 Å². The number of fused-ring (bicyclic) bond motifs is 3. The maximum Gasteiger partial charge on any atom is 0.331 e. The first-order valence-corrected chi connectivity index (χ1v) is 19.1.